The zero-order valence-electron chi connectivity index (χ0n) is 26.4. The van der Waals surface area contributed by atoms with Gasteiger partial charge < -0.3 is 41.9 Å². The number of allylic oxidation sites excluding steroid dienone is 1. The van der Waals surface area contributed by atoms with Crippen LogP contribution in [-0.4, -0.2) is 88.4 Å². The highest BCUT2D eigenvalue weighted by Crippen LogP contribution is 2.36. The number of nitrogens with zero attached hydrogens (tertiary/aromatic N) is 5. The van der Waals surface area contributed by atoms with Crippen molar-refractivity contribution in [2.24, 2.45) is 16.5 Å². The second kappa shape index (κ2) is 19.5. The first-order valence-electron chi connectivity index (χ1n) is 14.6. The van der Waals surface area contributed by atoms with Gasteiger partial charge in [0, 0.05) is 30.0 Å². The van der Waals surface area contributed by atoms with Crippen LogP contribution >= 0.6 is 19.2 Å². The van der Waals surface area contributed by atoms with E-state index in [1.54, 1.807) is 13.8 Å². The number of nitrogens with one attached hydrogen (secondary N) is 1. The largest absolute Gasteiger partial charge is 0.471 e. The van der Waals surface area contributed by atoms with Gasteiger partial charge in [-0.3, -0.25) is 14.3 Å². The lowest BCUT2D eigenvalue weighted by atomic mass is 9.96. The van der Waals surface area contributed by atoms with E-state index in [9.17, 15) is 18.1 Å². The van der Waals surface area contributed by atoms with E-state index in [1.165, 1.54) is 24.0 Å². The molecule has 4 rings (SSSR count). The Morgan fingerprint density at radius 2 is 1.85 bits per heavy atom. The first-order chi connectivity index (χ1) is 22.6. The van der Waals surface area contributed by atoms with Gasteiger partial charge in [0.15, 0.2) is 12.5 Å². The number of aliphatic hydroxyl groups is 3. The van der Waals surface area contributed by atoms with Gasteiger partial charge in [-0.05, 0) is 38.8 Å². The number of halogens is 2. The van der Waals surface area contributed by atoms with E-state index in [4.69, 9.17) is 36.6 Å². The minimum Gasteiger partial charge on any atom is -0.397 e. The van der Waals surface area contributed by atoms with E-state index in [0.717, 1.165) is 60.3 Å². The lowest BCUT2D eigenvalue weighted by Gasteiger charge is -2.18. The zero-order chi connectivity index (χ0) is 35.9. The maximum absolute atomic E-state index is 14.4. The predicted molar refractivity (Wildman–Crippen MR) is 174 cm³/mol. The number of carbonyl (C=O) groups is 1. The molecule has 3 aromatic rings. The molecule has 1 aliphatic rings. The summed E-state index contributed by atoms with van der Waals surface area (Å²) in [6, 6.07) is 1.77. The Labute approximate surface area is 279 Å². The van der Waals surface area contributed by atoms with Crippen LogP contribution in [0, 0.1) is 11.8 Å². The molecule has 0 aromatic carbocycles. The Kier molecular flexibility index (Phi) is 16.5. The molecule has 20 heteroatoms. The summed E-state index contributed by atoms with van der Waals surface area (Å²) in [5, 5.41) is 32.6. The van der Waals surface area contributed by atoms with Crippen molar-refractivity contribution in [2.45, 2.75) is 64.3 Å². The number of phosphoric acid groups is 1. The molecular weight excluding hydrogens is 677 g/mol. The molecule has 0 spiro atoms. The van der Waals surface area contributed by atoms with Crippen molar-refractivity contribution in [3.05, 3.63) is 58.8 Å². The average molecular weight is 719 g/mol. The fourth-order valence-corrected chi connectivity index (χ4v) is 4.78. The molecule has 0 radical (unpaired) electrons. The van der Waals surface area contributed by atoms with E-state index < -0.39 is 43.5 Å². The fraction of sp³-hybridized carbons (Fsp3) is 0.464. The molecule has 0 saturated heterocycles. The molecule has 3 heterocycles. The van der Waals surface area contributed by atoms with Gasteiger partial charge in [-0.25, -0.2) is 23.6 Å². The molecule has 1 amide bonds. The lowest BCUT2D eigenvalue weighted by Crippen LogP contribution is -2.43. The second-order valence-electron chi connectivity index (χ2n) is 10.7. The van der Waals surface area contributed by atoms with Crippen LogP contribution in [-0.2, 0) is 15.8 Å². The van der Waals surface area contributed by atoms with Crippen LogP contribution in [0.4, 0.5) is 8.78 Å². The number of amides is 1. The smallest absolute Gasteiger partial charge is 0.397 e. The number of thiazole rings is 1. The SMILES string of the molecule is CC(N)(CO)CO.CCO.N/C(=C(\C=NC1CCCCC1)NC(=O)c1csc(-c2cnn(COP(=O)(O)O)c2)n1)c1nc(F)ccc1F. The van der Waals surface area contributed by atoms with Crippen LogP contribution in [0.15, 0.2) is 40.6 Å². The molecule has 1 saturated carbocycles. The molecule has 1 fully saturated rings. The van der Waals surface area contributed by atoms with E-state index in [0.29, 0.717) is 10.6 Å². The topological polar surface area (TPSA) is 265 Å². The molecular formula is C28H41F2N8O8PS. The molecule has 0 bridgehead atoms. The van der Waals surface area contributed by atoms with Gasteiger partial charge in [0.1, 0.15) is 16.4 Å². The highest BCUT2D eigenvalue weighted by molar-refractivity contribution is 7.46. The van der Waals surface area contributed by atoms with E-state index in [2.05, 4.69) is 29.9 Å². The first-order valence-corrected chi connectivity index (χ1v) is 17.0. The zero-order valence-corrected chi connectivity index (χ0v) is 28.1. The van der Waals surface area contributed by atoms with Crippen LogP contribution in [0.25, 0.3) is 16.3 Å². The number of hydrogen-bond acceptors (Lipinski definition) is 13. The number of pyridine rings is 1. The molecule has 1 aliphatic carbocycles. The summed E-state index contributed by atoms with van der Waals surface area (Å²) in [4.78, 5) is 43.0. The number of aromatic nitrogens is 4. The number of carbonyl (C=O) groups excluding carboxylic acids is 1. The van der Waals surface area contributed by atoms with E-state index in [1.807, 2.05) is 0 Å². The molecule has 0 unspecified atom stereocenters. The Morgan fingerprint density at radius 1 is 1.21 bits per heavy atom. The number of aliphatic hydroxyl groups excluding tert-OH is 3. The summed E-state index contributed by atoms with van der Waals surface area (Å²) in [6.45, 7) is 2.67. The summed E-state index contributed by atoms with van der Waals surface area (Å²) < 4.78 is 44.5. The lowest BCUT2D eigenvalue weighted by molar-refractivity contribution is 0.0963. The highest BCUT2D eigenvalue weighted by atomic mass is 32.1. The summed E-state index contributed by atoms with van der Waals surface area (Å²) in [6.07, 6.45) is 9.07. The second-order valence-corrected chi connectivity index (χ2v) is 12.8. The third kappa shape index (κ3) is 13.9. The first kappa shape index (κ1) is 40.7. The summed E-state index contributed by atoms with van der Waals surface area (Å²) in [5.41, 5.74) is 10.2. The number of phosphoric ester groups is 1. The van der Waals surface area contributed by atoms with Crippen molar-refractivity contribution in [1.29, 1.82) is 0 Å². The minimum atomic E-state index is -4.67. The van der Waals surface area contributed by atoms with Crippen molar-refractivity contribution < 1.29 is 47.8 Å². The minimum absolute atomic E-state index is 0.00765. The summed E-state index contributed by atoms with van der Waals surface area (Å²) in [7, 11) is -4.67. The number of nitrogens with two attached hydrogens (primary N) is 2. The Balaban J connectivity index is 0.000000701. The average Bonchev–Trinajstić information content (AvgIpc) is 3.74. The Bertz CT molecular complexity index is 1570. The van der Waals surface area contributed by atoms with Crippen molar-refractivity contribution in [2.75, 3.05) is 19.8 Å². The van der Waals surface area contributed by atoms with Gasteiger partial charge in [0.05, 0.1) is 42.4 Å². The molecule has 48 heavy (non-hydrogen) atoms. The molecule has 3 aromatic heterocycles. The van der Waals surface area contributed by atoms with Crippen LogP contribution in [0.3, 0.4) is 0 Å². The molecule has 0 atom stereocenters. The van der Waals surface area contributed by atoms with E-state index in [-0.39, 0.29) is 43.0 Å². The van der Waals surface area contributed by atoms with Gasteiger partial charge in [-0.15, -0.1) is 11.3 Å². The third-order valence-electron chi connectivity index (χ3n) is 6.29. The van der Waals surface area contributed by atoms with Gasteiger partial charge in [-0.2, -0.15) is 9.49 Å². The van der Waals surface area contributed by atoms with Crippen LogP contribution < -0.4 is 16.8 Å². The van der Waals surface area contributed by atoms with Gasteiger partial charge >= 0.3 is 7.82 Å². The van der Waals surface area contributed by atoms with E-state index >= 15 is 0 Å². The maximum atomic E-state index is 14.4. The van der Waals surface area contributed by atoms with Crippen LogP contribution in [0.1, 0.15) is 62.1 Å². The third-order valence-corrected chi connectivity index (χ3v) is 7.64. The summed E-state index contributed by atoms with van der Waals surface area (Å²) >= 11 is 1.12. The molecule has 266 valence electrons. The molecule has 10 N–H and O–H groups in total. The van der Waals surface area contributed by atoms with Gasteiger partial charge in [-0.1, -0.05) is 19.3 Å². The normalized spacial score (nSPS) is 14.5. The number of rotatable bonds is 11. The Morgan fingerprint density at radius 3 is 2.44 bits per heavy atom. The molecule has 0 aliphatic heterocycles. The maximum Gasteiger partial charge on any atom is 0.471 e. The van der Waals surface area contributed by atoms with Crippen LogP contribution in [0.5, 0.6) is 0 Å². The summed E-state index contributed by atoms with van der Waals surface area (Å²) in [5.74, 6) is -2.47. The predicted octanol–water partition coefficient (Wildman–Crippen LogP) is 1.89. The van der Waals surface area contributed by atoms with Crippen molar-refractivity contribution in [1.82, 2.24) is 25.1 Å². The number of hydrogen-bond donors (Lipinski definition) is 8. The van der Waals surface area contributed by atoms with Crippen molar-refractivity contribution in [3.8, 4) is 10.6 Å². The van der Waals surface area contributed by atoms with Gasteiger partial charge in [0.25, 0.3) is 5.91 Å². The number of aliphatic imine (C=N–C) groups is 1. The quantitative estimate of drug-likeness (QED) is 0.0801. The fourth-order valence-electron chi connectivity index (χ4n) is 3.74. The standard InChI is InChI=1S/C22H24F2N7O5PS.C4H11NO2.C2H6O/c23-15-6-7-18(24)30-20(15)19(25)16(9-26-14-4-2-1-3-5-14)28-21(32)17-11-38-22(29-17)13-8-27-31(10-13)12-36-37(33,34)35;1-4(5,2-6)3-7;1-2-3/h6-11,14H,1-5,12,25H2,(H,28,32)(H2,33,34,35);6-7H,2-3,5H2,1H3;3H,2H2,1H3/b19-16+,26-9?;;. The molecule has 16 nitrogen and oxygen atoms in total. The Hall–Kier alpha value is -3.52. The van der Waals surface area contributed by atoms with Gasteiger partial charge in [0.2, 0.25) is 5.95 Å². The highest BCUT2D eigenvalue weighted by Gasteiger charge is 2.20. The van der Waals surface area contributed by atoms with Crippen molar-refractivity contribution >= 4 is 37.0 Å². The monoisotopic (exact) mass is 718 g/mol. The van der Waals surface area contributed by atoms with Crippen molar-refractivity contribution in [3.63, 3.8) is 0 Å². The van der Waals surface area contributed by atoms with Crippen LogP contribution in [0.2, 0.25) is 0 Å².